The number of nitrogens with two attached hydrogens (primary N) is 2. The highest BCUT2D eigenvalue weighted by molar-refractivity contribution is 5.42. The first-order valence-electron chi connectivity index (χ1n) is 6.09. The monoisotopic (exact) mass is 241 g/mol. The van der Waals surface area contributed by atoms with Crippen molar-refractivity contribution in [1.82, 2.24) is 4.98 Å². The van der Waals surface area contributed by atoms with Crippen LogP contribution in [0.25, 0.3) is 0 Å². The molecule has 1 aromatic carbocycles. The van der Waals surface area contributed by atoms with Crippen molar-refractivity contribution >= 4 is 5.69 Å². The Morgan fingerprint density at radius 2 is 1.89 bits per heavy atom. The third kappa shape index (κ3) is 2.68. The summed E-state index contributed by atoms with van der Waals surface area (Å²) < 4.78 is 0. The van der Waals surface area contributed by atoms with Gasteiger partial charge in [0, 0.05) is 30.0 Å². The van der Waals surface area contributed by atoms with Crippen molar-refractivity contribution < 1.29 is 0 Å². The molecule has 2 aromatic rings. The largest absolute Gasteiger partial charge is 0.399 e. The van der Waals surface area contributed by atoms with E-state index in [4.69, 9.17) is 11.5 Å². The van der Waals surface area contributed by atoms with Crippen LogP contribution in [0.4, 0.5) is 5.69 Å². The van der Waals surface area contributed by atoms with Crippen LogP contribution < -0.4 is 11.5 Å². The van der Waals surface area contributed by atoms with Gasteiger partial charge in [-0.2, -0.15) is 0 Å². The number of rotatable bonds is 4. The second-order valence-electron chi connectivity index (χ2n) is 4.92. The minimum absolute atomic E-state index is 0.0866. The summed E-state index contributed by atoms with van der Waals surface area (Å²) in [4.78, 5) is 4.15. The summed E-state index contributed by atoms with van der Waals surface area (Å²) in [5.74, 6) is 0. The molecule has 0 bridgehead atoms. The Morgan fingerprint density at radius 3 is 2.44 bits per heavy atom. The van der Waals surface area contributed by atoms with Crippen molar-refractivity contribution in [2.75, 3.05) is 12.3 Å². The Morgan fingerprint density at radius 1 is 1.17 bits per heavy atom. The lowest BCUT2D eigenvalue weighted by molar-refractivity contribution is 0.480. The van der Waals surface area contributed by atoms with E-state index in [1.54, 1.807) is 6.20 Å². The number of benzene rings is 1. The van der Waals surface area contributed by atoms with Crippen LogP contribution in [0, 0.1) is 0 Å². The number of nitrogens with zero attached hydrogens (tertiary/aromatic N) is 1. The standard InChI is InChI=1S/C15H19N3/c1-15(11-16,9-12-3-2-8-18-10-12)13-4-6-14(17)7-5-13/h2-8,10H,9,11,16-17H2,1H3. The van der Waals surface area contributed by atoms with Gasteiger partial charge in [0.1, 0.15) is 0 Å². The van der Waals surface area contributed by atoms with E-state index in [2.05, 4.69) is 30.1 Å². The maximum absolute atomic E-state index is 5.97. The second kappa shape index (κ2) is 5.19. The summed E-state index contributed by atoms with van der Waals surface area (Å²) in [6.07, 6.45) is 4.55. The van der Waals surface area contributed by atoms with E-state index in [1.807, 2.05) is 24.4 Å². The van der Waals surface area contributed by atoms with Crippen molar-refractivity contribution in [1.29, 1.82) is 0 Å². The Balaban J connectivity index is 2.28. The van der Waals surface area contributed by atoms with Crippen molar-refractivity contribution in [3.05, 3.63) is 59.9 Å². The molecule has 1 aromatic heterocycles. The maximum Gasteiger partial charge on any atom is 0.0314 e. The van der Waals surface area contributed by atoms with E-state index in [1.165, 1.54) is 11.1 Å². The minimum atomic E-state index is -0.0866. The van der Waals surface area contributed by atoms with E-state index in [0.29, 0.717) is 6.54 Å². The van der Waals surface area contributed by atoms with Gasteiger partial charge in [0.05, 0.1) is 0 Å². The first kappa shape index (κ1) is 12.6. The molecule has 1 unspecified atom stereocenters. The molecule has 0 saturated heterocycles. The molecule has 2 rings (SSSR count). The van der Waals surface area contributed by atoms with Crippen molar-refractivity contribution in [3.8, 4) is 0 Å². The molecule has 3 heteroatoms. The highest BCUT2D eigenvalue weighted by Gasteiger charge is 2.25. The van der Waals surface area contributed by atoms with Gasteiger partial charge in [-0.1, -0.05) is 25.1 Å². The average molecular weight is 241 g/mol. The fraction of sp³-hybridized carbons (Fsp3) is 0.267. The topological polar surface area (TPSA) is 64.9 Å². The van der Waals surface area contributed by atoms with Crippen LogP contribution in [-0.4, -0.2) is 11.5 Å². The van der Waals surface area contributed by atoms with E-state index in [-0.39, 0.29) is 5.41 Å². The molecule has 0 aliphatic rings. The quantitative estimate of drug-likeness (QED) is 0.806. The van der Waals surface area contributed by atoms with E-state index in [9.17, 15) is 0 Å². The maximum atomic E-state index is 5.97. The highest BCUT2D eigenvalue weighted by Crippen LogP contribution is 2.27. The van der Waals surface area contributed by atoms with Gasteiger partial charge >= 0.3 is 0 Å². The molecule has 1 heterocycles. The predicted molar refractivity (Wildman–Crippen MR) is 75.2 cm³/mol. The zero-order valence-electron chi connectivity index (χ0n) is 10.6. The lowest BCUT2D eigenvalue weighted by Crippen LogP contribution is -2.34. The molecule has 0 aliphatic carbocycles. The van der Waals surface area contributed by atoms with Gasteiger partial charge in [-0.15, -0.1) is 0 Å². The Kier molecular flexibility index (Phi) is 3.63. The van der Waals surface area contributed by atoms with Gasteiger partial charge in [0.25, 0.3) is 0 Å². The molecule has 0 fully saturated rings. The summed E-state index contributed by atoms with van der Waals surface area (Å²) in [5.41, 5.74) is 14.8. The average Bonchev–Trinajstić information content (AvgIpc) is 2.40. The molecule has 18 heavy (non-hydrogen) atoms. The zero-order chi connectivity index (χ0) is 13.0. The lowest BCUT2D eigenvalue weighted by Gasteiger charge is -2.28. The summed E-state index contributed by atoms with van der Waals surface area (Å²) >= 11 is 0. The summed E-state index contributed by atoms with van der Waals surface area (Å²) in [6.45, 7) is 2.76. The van der Waals surface area contributed by atoms with Crippen LogP contribution in [-0.2, 0) is 11.8 Å². The Hall–Kier alpha value is -1.87. The van der Waals surface area contributed by atoms with Crippen LogP contribution in [0.15, 0.2) is 48.8 Å². The normalized spacial score (nSPS) is 14.1. The predicted octanol–water partition coefficient (Wildman–Crippen LogP) is 2.12. The zero-order valence-corrected chi connectivity index (χ0v) is 10.6. The molecular weight excluding hydrogens is 222 g/mol. The third-order valence-corrected chi connectivity index (χ3v) is 3.38. The first-order chi connectivity index (χ1) is 8.64. The van der Waals surface area contributed by atoms with Gasteiger partial charge < -0.3 is 11.5 Å². The van der Waals surface area contributed by atoms with E-state index < -0.39 is 0 Å². The van der Waals surface area contributed by atoms with Crippen molar-refractivity contribution in [3.63, 3.8) is 0 Å². The first-order valence-corrected chi connectivity index (χ1v) is 6.09. The molecular formula is C15H19N3. The fourth-order valence-corrected chi connectivity index (χ4v) is 2.13. The third-order valence-electron chi connectivity index (χ3n) is 3.38. The lowest BCUT2D eigenvalue weighted by atomic mass is 9.77. The van der Waals surface area contributed by atoms with Crippen LogP contribution in [0.3, 0.4) is 0 Å². The molecule has 1 atom stereocenters. The van der Waals surface area contributed by atoms with Gasteiger partial charge in [-0.05, 0) is 35.7 Å². The van der Waals surface area contributed by atoms with Crippen LogP contribution in [0.5, 0.6) is 0 Å². The number of anilines is 1. The molecule has 0 spiro atoms. The second-order valence-corrected chi connectivity index (χ2v) is 4.92. The van der Waals surface area contributed by atoms with Crippen LogP contribution in [0.1, 0.15) is 18.1 Å². The summed E-state index contributed by atoms with van der Waals surface area (Å²) in [7, 11) is 0. The minimum Gasteiger partial charge on any atom is -0.399 e. The van der Waals surface area contributed by atoms with Gasteiger partial charge in [0.2, 0.25) is 0 Å². The number of hydrogen-bond donors (Lipinski definition) is 2. The molecule has 0 aliphatic heterocycles. The molecule has 0 amide bonds. The van der Waals surface area contributed by atoms with Crippen molar-refractivity contribution in [2.45, 2.75) is 18.8 Å². The fourth-order valence-electron chi connectivity index (χ4n) is 2.13. The molecule has 0 radical (unpaired) electrons. The summed E-state index contributed by atoms with van der Waals surface area (Å²) in [6, 6.07) is 12.0. The summed E-state index contributed by atoms with van der Waals surface area (Å²) in [5, 5.41) is 0. The molecule has 4 N–H and O–H groups in total. The number of nitrogen functional groups attached to an aromatic ring is 1. The smallest absolute Gasteiger partial charge is 0.0314 e. The Labute approximate surface area is 108 Å². The van der Waals surface area contributed by atoms with E-state index in [0.717, 1.165) is 12.1 Å². The number of hydrogen-bond acceptors (Lipinski definition) is 3. The number of aromatic nitrogens is 1. The van der Waals surface area contributed by atoms with Crippen LogP contribution in [0.2, 0.25) is 0 Å². The SMILES string of the molecule is CC(CN)(Cc1cccnc1)c1ccc(N)cc1. The van der Waals surface area contributed by atoms with Gasteiger partial charge in [-0.3, -0.25) is 4.98 Å². The molecule has 3 nitrogen and oxygen atoms in total. The molecule has 0 saturated carbocycles. The van der Waals surface area contributed by atoms with Crippen LogP contribution >= 0.6 is 0 Å². The highest BCUT2D eigenvalue weighted by atomic mass is 14.6. The van der Waals surface area contributed by atoms with Gasteiger partial charge in [0.15, 0.2) is 0 Å². The van der Waals surface area contributed by atoms with E-state index >= 15 is 0 Å². The molecule has 94 valence electrons. The van der Waals surface area contributed by atoms with Gasteiger partial charge in [-0.25, -0.2) is 0 Å². The number of pyridine rings is 1. The van der Waals surface area contributed by atoms with Crippen molar-refractivity contribution in [2.24, 2.45) is 5.73 Å². The Bertz CT molecular complexity index is 493.